The number of rotatable bonds is 14. The summed E-state index contributed by atoms with van der Waals surface area (Å²) in [7, 11) is 6.96. The molecule has 4 fully saturated rings. The van der Waals surface area contributed by atoms with Crippen LogP contribution in [-0.2, 0) is 66.5 Å². The van der Waals surface area contributed by atoms with Crippen molar-refractivity contribution in [2.45, 2.75) is 244 Å². The molecule has 0 aromatic rings. The average Bonchev–Trinajstić information content (AvgIpc) is 3.59. The molecule has 5 aliphatic rings. The van der Waals surface area contributed by atoms with Gasteiger partial charge >= 0.3 is 18.1 Å². The van der Waals surface area contributed by atoms with Crippen molar-refractivity contribution < 1.29 is 76.4 Å². The molecule has 0 radical (unpaired) electrons. The number of hydroxylamine groups is 1. The minimum atomic E-state index is -1.45. The number of likely N-dealkylation sites (N-methyl/N-ethyl adjacent to an activating group) is 1. The number of fused-ring (bicyclic) bond motifs is 1. The van der Waals surface area contributed by atoms with E-state index in [1.165, 1.54) is 14.0 Å². The average molecular weight is 971 g/mol. The molecule has 18 nitrogen and oxygen atoms in total. The predicted molar refractivity (Wildman–Crippen MR) is 249 cm³/mol. The number of aliphatic hydroxyl groups excluding tert-OH is 1. The maximum Gasteiger partial charge on any atom is 0.509 e. The molecule has 3 saturated heterocycles. The van der Waals surface area contributed by atoms with Crippen molar-refractivity contribution in [2.75, 3.05) is 28.3 Å². The van der Waals surface area contributed by atoms with Gasteiger partial charge in [-0.15, -0.1) is 0 Å². The van der Waals surface area contributed by atoms with Crippen LogP contribution in [0.2, 0.25) is 0 Å². The van der Waals surface area contributed by atoms with E-state index in [0.717, 1.165) is 24.8 Å². The highest BCUT2D eigenvalue weighted by Gasteiger charge is 2.59. The van der Waals surface area contributed by atoms with Crippen molar-refractivity contribution in [3.05, 3.63) is 11.3 Å². The predicted octanol–water partition coefficient (Wildman–Crippen LogP) is 6.87. The minimum Gasteiger partial charge on any atom is -0.458 e. The molecule has 392 valence electrons. The molecule has 0 aromatic carbocycles. The first kappa shape index (κ1) is 56.3. The van der Waals surface area contributed by atoms with Crippen molar-refractivity contribution in [1.29, 1.82) is 0 Å². The molecule has 1 saturated carbocycles. The van der Waals surface area contributed by atoms with Gasteiger partial charge in [0.1, 0.15) is 12.2 Å². The molecular weight excluding hydrogens is 885 g/mol. The Bertz CT molecular complexity index is 1740. The van der Waals surface area contributed by atoms with E-state index in [9.17, 15) is 19.5 Å². The number of hydrogen-bond acceptors (Lipinski definition) is 18. The van der Waals surface area contributed by atoms with Crippen LogP contribution >= 0.6 is 0 Å². The van der Waals surface area contributed by atoms with Crippen molar-refractivity contribution in [2.24, 2.45) is 17.8 Å². The third kappa shape index (κ3) is 12.3. The SMILES string of the molecule is CC[C@H]1OC(=O)[C@H](C)[C@@H](O[C@H]2C[C@@](C)(OC)[C@@H](O)[C@H](C)O2)[C@H](C)[C@@H](O[C@@H]2O[C@H](C)C[C@H](N(C)C)[C@H]2OC(C)=O)[C@](C)(OC)C/C(C)=C(/NOC2(OC(C)C)CCCCC2)[C@H](C)[C@H]2OC(=O)O[C@@]21C. The summed E-state index contributed by atoms with van der Waals surface area (Å²) in [6.45, 7) is 23.8. The number of carbonyl (C=O) groups excluding carboxylic acids is 3. The maximum atomic E-state index is 14.9. The summed E-state index contributed by atoms with van der Waals surface area (Å²) in [4.78, 5) is 49.8. The molecule has 4 aliphatic heterocycles. The molecule has 18 heteroatoms. The maximum absolute atomic E-state index is 14.9. The van der Waals surface area contributed by atoms with Crippen LogP contribution in [0.3, 0.4) is 0 Å². The Hall–Kier alpha value is -2.65. The molecule has 0 amide bonds. The summed E-state index contributed by atoms with van der Waals surface area (Å²) in [6.07, 6.45) is -4.48. The Morgan fingerprint density at radius 2 is 1.56 bits per heavy atom. The topological polar surface area (TPSA) is 197 Å². The van der Waals surface area contributed by atoms with E-state index in [1.807, 2.05) is 74.4 Å². The molecule has 68 heavy (non-hydrogen) atoms. The molecular formula is C50H86N2O16. The molecule has 0 unspecified atom stereocenters. The number of nitrogens with one attached hydrogen (secondary N) is 1. The van der Waals surface area contributed by atoms with Crippen LogP contribution in [0, 0.1) is 17.8 Å². The van der Waals surface area contributed by atoms with E-state index in [4.69, 9.17) is 56.9 Å². The third-order valence-electron chi connectivity index (χ3n) is 15.3. The van der Waals surface area contributed by atoms with Crippen LogP contribution in [-0.4, -0.2) is 153 Å². The fourth-order valence-electron chi connectivity index (χ4n) is 11.4. The van der Waals surface area contributed by atoms with Gasteiger partial charge in [0, 0.05) is 64.4 Å². The van der Waals surface area contributed by atoms with Gasteiger partial charge < -0.3 is 62.1 Å². The lowest BCUT2D eigenvalue weighted by molar-refractivity contribution is -0.319. The van der Waals surface area contributed by atoms with Gasteiger partial charge in [-0.1, -0.05) is 27.2 Å². The number of methoxy groups -OCH3 is 2. The number of cyclic esters (lactones) is 1. The van der Waals surface area contributed by atoms with E-state index in [1.54, 1.807) is 34.8 Å². The van der Waals surface area contributed by atoms with Gasteiger partial charge in [-0.25, -0.2) is 9.63 Å². The van der Waals surface area contributed by atoms with E-state index in [-0.39, 0.29) is 37.5 Å². The number of ether oxygens (including phenoxy) is 11. The second kappa shape index (κ2) is 22.8. The van der Waals surface area contributed by atoms with Crippen LogP contribution in [0.1, 0.15) is 148 Å². The lowest BCUT2D eigenvalue weighted by Gasteiger charge is -2.50. The summed E-state index contributed by atoms with van der Waals surface area (Å²) in [5.74, 6) is -4.44. The van der Waals surface area contributed by atoms with Crippen LogP contribution in [0.25, 0.3) is 0 Å². The Morgan fingerprint density at radius 1 is 0.912 bits per heavy atom. The standard InChI is InChI=1S/C50H86N2O16/c1-18-36-49(13)43(65-46(56)67-49)30(6)38(51-68-50(66-27(2)3)22-20-19-21-23-50)28(4)25-48(12,58-17)42(64-45-40(61-34(10)53)35(52(14)15)24-29(5)59-45)31(7)39(32(8)44(55)62-36)63-37-26-47(11,57-16)41(54)33(9)60-37/h27,29-33,35-37,39-43,45,51,54H,18-26H2,1-17H3/b38-28+/t29-,30+,31+,32-,33+,35+,36-,37+,39+,40-,41+,42-,43-,45+,47-,48-,49-/m1/s1. The van der Waals surface area contributed by atoms with Crippen LogP contribution in [0.5, 0.6) is 0 Å². The highest BCUT2D eigenvalue weighted by Crippen LogP contribution is 2.45. The van der Waals surface area contributed by atoms with E-state index in [2.05, 4.69) is 5.48 Å². The van der Waals surface area contributed by atoms with Gasteiger partial charge in [0.05, 0.1) is 53.7 Å². The fourth-order valence-corrected chi connectivity index (χ4v) is 11.4. The first-order valence-electron chi connectivity index (χ1n) is 24.9. The third-order valence-corrected chi connectivity index (χ3v) is 15.3. The molecule has 1 aliphatic carbocycles. The second-order valence-corrected chi connectivity index (χ2v) is 21.3. The Morgan fingerprint density at radius 3 is 2.13 bits per heavy atom. The molecule has 17 atom stereocenters. The van der Waals surface area contributed by atoms with Gasteiger partial charge in [-0.3, -0.25) is 15.1 Å². The Labute approximate surface area is 405 Å². The molecule has 0 aromatic heterocycles. The minimum absolute atomic E-state index is 0.122. The molecule has 2 N–H and O–H groups in total. The second-order valence-electron chi connectivity index (χ2n) is 21.3. The number of esters is 2. The smallest absolute Gasteiger partial charge is 0.458 e. The monoisotopic (exact) mass is 971 g/mol. The Kier molecular flexibility index (Phi) is 18.9. The van der Waals surface area contributed by atoms with Crippen LogP contribution < -0.4 is 5.48 Å². The summed E-state index contributed by atoms with van der Waals surface area (Å²) in [6, 6.07) is -0.279. The summed E-state index contributed by atoms with van der Waals surface area (Å²) >= 11 is 0. The van der Waals surface area contributed by atoms with Gasteiger partial charge in [0.15, 0.2) is 36.2 Å². The largest absolute Gasteiger partial charge is 0.509 e. The van der Waals surface area contributed by atoms with Gasteiger partial charge in [-0.05, 0) is 108 Å². The van der Waals surface area contributed by atoms with E-state index >= 15 is 0 Å². The van der Waals surface area contributed by atoms with Crippen LogP contribution in [0.4, 0.5) is 4.79 Å². The zero-order valence-electron chi connectivity index (χ0n) is 44.0. The normalized spacial score (nSPS) is 42.9. The number of hydrogen-bond donors (Lipinski definition) is 2. The van der Waals surface area contributed by atoms with Gasteiger partial charge in [-0.2, -0.15) is 0 Å². The van der Waals surface area contributed by atoms with Crippen molar-refractivity contribution in [1.82, 2.24) is 10.4 Å². The number of nitrogens with zero attached hydrogens (tertiary/aromatic N) is 1. The molecule has 4 heterocycles. The summed E-state index contributed by atoms with van der Waals surface area (Å²) < 4.78 is 70.8. The lowest BCUT2D eigenvalue weighted by Crippen LogP contribution is -2.61. The van der Waals surface area contributed by atoms with Crippen molar-refractivity contribution in [3.63, 3.8) is 0 Å². The van der Waals surface area contributed by atoms with E-state index in [0.29, 0.717) is 25.0 Å². The van der Waals surface area contributed by atoms with Gasteiger partial charge in [0.2, 0.25) is 0 Å². The molecule has 0 spiro atoms. The number of aliphatic hydroxyl groups is 1. The highest BCUT2D eigenvalue weighted by atomic mass is 16.8. The summed E-state index contributed by atoms with van der Waals surface area (Å²) in [5, 5.41) is 11.2. The quantitative estimate of drug-likeness (QED) is 0.0791. The zero-order chi connectivity index (χ0) is 50.7. The lowest BCUT2D eigenvalue weighted by atomic mass is 9.76. The van der Waals surface area contributed by atoms with Crippen molar-refractivity contribution >= 4 is 18.1 Å². The Balaban J connectivity index is 1.74. The van der Waals surface area contributed by atoms with E-state index < -0.39 is 114 Å². The fraction of sp³-hybridized carbons (Fsp3) is 0.900. The highest BCUT2D eigenvalue weighted by molar-refractivity contribution is 5.73. The zero-order valence-corrected chi connectivity index (χ0v) is 44.0. The first-order chi connectivity index (χ1) is 31.8. The van der Waals surface area contributed by atoms with Crippen LogP contribution in [0.15, 0.2) is 11.3 Å². The number of carbonyl (C=O) groups is 3. The van der Waals surface area contributed by atoms with Gasteiger partial charge in [0.25, 0.3) is 0 Å². The first-order valence-corrected chi connectivity index (χ1v) is 24.9. The molecule has 0 bridgehead atoms. The summed E-state index contributed by atoms with van der Waals surface area (Å²) in [5.41, 5.74) is 0.943. The van der Waals surface area contributed by atoms with Crippen molar-refractivity contribution in [3.8, 4) is 0 Å². The molecule has 5 rings (SSSR count).